The number of para-hydroxylation sites is 1. The number of hydrogen-bond donors (Lipinski definition) is 2. The van der Waals surface area contributed by atoms with Gasteiger partial charge in [0.05, 0.1) is 17.9 Å². The molecule has 7 heteroatoms. The van der Waals surface area contributed by atoms with Crippen molar-refractivity contribution in [2.24, 2.45) is 0 Å². The highest BCUT2D eigenvalue weighted by atomic mass is 32.2. The van der Waals surface area contributed by atoms with Crippen molar-refractivity contribution in [1.29, 1.82) is 0 Å². The summed E-state index contributed by atoms with van der Waals surface area (Å²) in [5, 5.41) is 5.42. The fourth-order valence-electron chi connectivity index (χ4n) is 2.64. The molecule has 0 aliphatic carbocycles. The van der Waals surface area contributed by atoms with Crippen LogP contribution in [-0.2, 0) is 9.59 Å². The Morgan fingerprint density at radius 3 is 2.84 bits per heavy atom. The predicted molar refractivity (Wildman–Crippen MR) is 98.7 cm³/mol. The van der Waals surface area contributed by atoms with E-state index in [1.54, 1.807) is 16.7 Å². The standard InChI is InChI=1S/C18H18FN3O2S/c1-12(23)21-13-6-7-14(19)15(10-13)20-11-18(24)22-8-9-25-17-5-3-2-4-16(17)22/h2-7,10,20H,8-9,11H2,1H3,(H,21,23). The highest BCUT2D eigenvalue weighted by Crippen LogP contribution is 2.34. The van der Waals surface area contributed by atoms with E-state index in [1.807, 2.05) is 24.3 Å². The van der Waals surface area contributed by atoms with Gasteiger partial charge >= 0.3 is 0 Å². The SMILES string of the molecule is CC(=O)Nc1ccc(F)c(NCC(=O)N2CCSc3ccccc32)c1. The van der Waals surface area contributed by atoms with Crippen LogP contribution in [0.2, 0.25) is 0 Å². The van der Waals surface area contributed by atoms with Gasteiger partial charge in [-0.05, 0) is 30.3 Å². The van der Waals surface area contributed by atoms with Crippen LogP contribution in [0.5, 0.6) is 0 Å². The summed E-state index contributed by atoms with van der Waals surface area (Å²) in [7, 11) is 0. The number of rotatable bonds is 4. The van der Waals surface area contributed by atoms with E-state index in [1.165, 1.54) is 25.1 Å². The number of nitrogens with one attached hydrogen (secondary N) is 2. The Balaban J connectivity index is 1.70. The van der Waals surface area contributed by atoms with E-state index in [2.05, 4.69) is 10.6 Å². The quantitative estimate of drug-likeness (QED) is 0.879. The first kappa shape index (κ1) is 17.3. The molecule has 0 spiro atoms. The molecule has 0 radical (unpaired) electrons. The van der Waals surface area contributed by atoms with Crippen molar-refractivity contribution in [2.75, 3.05) is 34.4 Å². The summed E-state index contributed by atoms with van der Waals surface area (Å²) in [5.41, 5.74) is 1.54. The molecule has 0 saturated heterocycles. The van der Waals surface area contributed by atoms with Crippen molar-refractivity contribution >= 4 is 40.6 Å². The van der Waals surface area contributed by atoms with Crippen molar-refractivity contribution in [3.63, 3.8) is 0 Å². The summed E-state index contributed by atoms with van der Waals surface area (Å²) in [6, 6.07) is 12.0. The maximum atomic E-state index is 13.9. The van der Waals surface area contributed by atoms with E-state index < -0.39 is 5.82 Å². The van der Waals surface area contributed by atoms with E-state index in [-0.39, 0.29) is 24.0 Å². The van der Waals surface area contributed by atoms with Crippen LogP contribution in [0.3, 0.4) is 0 Å². The lowest BCUT2D eigenvalue weighted by atomic mass is 10.2. The molecule has 1 heterocycles. The molecule has 2 N–H and O–H groups in total. The van der Waals surface area contributed by atoms with Crippen molar-refractivity contribution < 1.29 is 14.0 Å². The smallest absolute Gasteiger partial charge is 0.246 e. The average Bonchev–Trinajstić information content (AvgIpc) is 2.61. The van der Waals surface area contributed by atoms with Crippen LogP contribution in [0, 0.1) is 5.82 Å². The van der Waals surface area contributed by atoms with Crippen LogP contribution < -0.4 is 15.5 Å². The van der Waals surface area contributed by atoms with Crippen LogP contribution in [0.25, 0.3) is 0 Å². The normalized spacial score (nSPS) is 13.1. The lowest BCUT2D eigenvalue weighted by Crippen LogP contribution is -2.39. The van der Waals surface area contributed by atoms with Crippen molar-refractivity contribution in [3.8, 4) is 0 Å². The van der Waals surface area contributed by atoms with Crippen LogP contribution >= 0.6 is 11.8 Å². The van der Waals surface area contributed by atoms with Crippen LogP contribution in [0.4, 0.5) is 21.5 Å². The second kappa shape index (κ2) is 7.57. The molecule has 0 atom stereocenters. The van der Waals surface area contributed by atoms with Crippen molar-refractivity contribution in [1.82, 2.24) is 0 Å². The minimum absolute atomic E-state index is 0.0283. The maximum absolute atomic E-state index is 13.9. The van der Waals surface area contributed by atoms with Gasteiger partial charge in [0.25, 0.3) is 0 Å². The molecule has 0 bridgehead atoms. The van der Waals surface area contributed by atoms with E-state index in [0.717, 1.165) is 16.3 Å². The second-order valence-electron chi connectivity index (χ2n) is 5.59. The van der Waals surface area contributed by atoms with Crippen LogP contribution in [0.15, 0.2) is 47.4 Å². The van der Waals surface area contributed by atoms with E-state index in [0.29, 0.717) is 12.2 Å². The highest BCUT2D eigenvalue weighted by molar-refractivity contribution is 7.99. The molecule has 25 heavy (non-hydrogen) atoms. The summed E-state index contributed by atoms with van der Waals surface area (Å²) in [4.78, 5) is 26.5. The van der Waals surface area contributed by atoms with Gasteiger partial charge in [-0.2, -0.15) is 0 Å². The number of carbonyl (C=O) groups excluding carboxylic acids is 2. The molecule has 5 nitrogen and oxygen atoms in total. The Morgan fingerprint density at radius 2 is 2.04 bits per heavy atom. The maximum Gasteiger partial charge on any atom is 0.246 e. The number of fused-ring (bicyclic) bond motifs is 1. The van der Waals surface area contributed by atoms with Gasteiger partial charge < -0.3 is 15.5 Å². The molecule has 0 unspecified atom stereocenters. The summed E-state index contributed by atoms with van der Waals surface area (Å²) >= 11 is 1.72. The summed E-state index contributed by atoms with van der Waals surface area (Å²) in [6.07, 6.45) is 0. The molecule has 130 valence electrons. The number of amides is 2. The monoisotopic (exact) mass is 359 g/mol. The molecule has 0 fully saturated rings. The zero-order valence-corrected chi connectivity index (χ0v) is 14.5. The van der Waals surface area contributed by atoms with Crippen molar-refractivity contribution in [2.45, 2.75) is 11.8 Å². The number of carbonyl (C=O) groups is 2. The van der Waals surface area contributed by atoms with Gasteiger partial charge in [-0.15, -0.1) is 11.8 Å². The molecule has 2 aromatic rings. The van der Waals surface area contributed by atoms with Crippen molar-refractivity contribution in [3.05, 3.63) is 48.3 Å². The molecule has 2 aromatic carbocycles. The van der Waals surface area contributed by atoms with Gasteiger partial charge in [0.1, 0.15) is 5.82 Å². The number of thioether (sulfide) groups is 1. The Hall–Kier alpha value is -2.54. The molecule has 1 aliphatic heterocycles. The first-order valence-electron chi connectivity index (χ1n) is 7.88. The number of anilines is 3. The fraction of sp³-hybridized carbons (Fsp3) is 0.222. The minimum atomic E-state index is -0.475. The number of hydrogen-bond acceptors (Lipinski definition) is 4. The van der Waals surface area contributed by atoms with E-state index in [4.69, 9.17) is 0 Å². The molecule has 0 aromatic heterocycles. The highest BCUT2D eigenvalue weighted by Gasteiger charge is 2.22. The lowest BCUT2D eigenvalue weighted by Gasteiger charge is -2.29. The Morgan fingerprint density at radius 1 is 1.24 bits per heavy atom. The topological polar surface area (TPSA) is 61.4 Å². The van der Waals surface area contributed by atoms with Gasteiger partial charge in [-0.3, -0.25) is 9.59 Å². The van der Waals surface area contributed by atoms with E-state index in [9.17, 15) is 14.0 Å². The van der Waals surface area contributed by atoms with Crippen LogP contribution in [0.1, 0.15) is 6.92 Å². The van der Waals surface area contributed by atoms with Crippen LogP contribution in [-0.4, -0.2) is 30.7 Å². The third kappa shape index (κ3) is 4.11. The molecule has 3 rings (SSSR count). The predicted octanol–water partition coefficient (Wildman–Crippen LogP) is 3.33. The number of halogens is 1. The van der Waals surface area contributed by atoms with E-state index >= 15 is 0 Å². The second-order valence-corrected chi connectivity index (χ2v) is 6.73. The van der Waals surface area contributed by atoms with Gasteiger partial charge in [0.15, 0.2) is 0 Å². The third-order valence-electron chi connectivity index (χ3n) is 3.75. The Labute approximate surface area is 149 Å². The number of nitrogens with zero attached hydrogens (tertiary/aromatic N) is 1. The molecule has 0 saturated carbocycles. The van der Waals surface area contributed by atoms with Gasteiger partial charge in [-0.25, -0.2) is 4.39 Å². The lowest BCUT2D eigenvalue weighted by molar-refractivity contribution is -0.117. The summed E-state index contributed by atoms with van der Waals surface area (Å²) in [6.45, 7) is 1.97. The first-order valence-corrected chi connectivity index (χ1v) is 8.86. The Kier molecular flexibility index (Phi) is 5.23. The third-order valence-corrected chi connectivity index (χ3v) is 4.79. The largest absolute Gasteiger partial charge is 0.374 e. The van der Waals surface area contributed by atoms with Gasteiger partial charge in [0, 0.05) is 29.8 Å². The van der Waals surface area contributed by atoms with Gasteiger partial charge in [-0.1, -0.05) is 12.1 Å². The first-order chi connectivity index (χ1) is 12.0. The number of benzene rings is 2. The Bertz CT molecular complexity index is 813. The minimum Gasteiger partial charge on any atom is -0.374 e. The zero-order valence-electron chi connectivity index (χ0n) is 13.7. The zero-order chi connectivity index (χ0) is 17.8. The molecular weight excluding hydrogens is 341 g/mol. The van der Waals surface area contributed by atoms with Gasteiger partial charge in [0.2, 0.25) is 11.8 Å². The summed E-state index contributed by atoms with van der Waals surface area (Å²) in [5.74, 6) is -0.0144. The molecule has 2 amide bonds. The average molecular weight is 359 g/mol. The molecular formula is C18H18FN3O2S. The fourth-order valence-corrected chi connectivity index (χ4v) is 3.63. The summed E-state index contributed by atoms with van der Waals surface area (Å²) < 4.78 is 13.9. The molecule has 1 aliphatic rings.